The van der Waals surface area contributed by atoms with Gasteiger partial charge in [-0.05, 0) is 56.5 Å². The third kappa shape index (κ3) is 7.55. The lowest BCUT2D eigenvalue weighted by molar-refractivity contribution is -0.384. The Morgan fingerprint density at radius 1 is 1.00 bits per heavy atom. The van der Waals surface area contributed by atoms with E-state index in [1.807, 2.05) is 0 Å². The Hall–Kier alpha value is -4.55. The summed E-state index contributed by atoms with van der Waals surface area (Å²) in [4.78, 5) is 37.3. The van der Waals surface area contributed by atoms with Crippen molar-refractivity contribution in [3.63, 3.8) is 0 Å². The Balaban J connectivity index is 1.32. The van der Waals surface area contributed by atoms with E-state index in [0.717, 1.165) is 17.2 Å². The van der Waals surface area contributed by atoms with Gasteiger partial charge in [0.15, 0.2) is 5.78 Å². The van der Waals surface area contributed by atoms with Gasteiger partial charge in [-0.15, -0.1) is 0 Å². The van der Waals surface area contributed by atoms with Crippen molar-refractivity contribution in [2.45, 2.75) is 50.9 Å². The SMILES string of the molecule is CCOC(=O)CCc1ccc(C(=O)C2CCN(CC(O)(c3cn(Cc4ccccc4)c4cc([N+](=O)[O-])ccc34)C(F)(F)F)CC2)cc1. The molecule has 3 aromatic carbocycles. The van der Waals surface area contributed by atoms with Crippen molar-refractivity contribution >= 4 is 28.3 Å². The highest BCUT2D eigenvalue weighted by Crippen LogP contribution is 2.44. The van der Waals surface area contributed by atoms with E-state index in [4.69, 9.17) is 4.74 Å². The predicted molar refractivity (Wildman–Crippen MR) is 169 cm³/mol. The number of non-ortho nitro benzene ring substituents is 1. The minimum atomic E-state index is -5.07. The van der Waals surface area contributed by atoms with Gasteiger partial charge in [0.25, 0.3) is 5.69 Å². The monoisotopic (exact) mass is 651 g/mol. The van der Waals surface area contributed by atoms with Crippen LogP contribution in [0, 0.1) is 16.0 Å². The molecule has 0 radical (unpaired) electrons. The smallest absolute Gasteiger partial charge is 0.422 e. The van der Waals surface area contributed by atoms with Gasteiger partial charge in [0.2, 0.25) is 5.60 Å². The lowest BCUT2D eigenvalue weighted by atomic mass is 9.86. The summed E-state index contributed by atoms with van der Waals surface area (Å²) in [7, 11) is 0. The van der Waals surface area contributed by atoms with E-state index < -0.39 is 23.2 Å². The first-order valence-corrected chi connectivity index (χ1v) is 15.5. The van der Waals surface area contributed by atoms with Crippen molar-refractivity contribution in [2.75, 3.05) is 26.2 Å². The van der Waals surface area contributed by atoms with E-state index in [1.165, 1.54) is 27.8 Å². The quantitative estimate of drug-likeness (QED) is 0.0812. The number of aryl methyl sites for hydroxylation is 1. The Morgan fingerprint density at radius 3 is 2.30 bits per heavy atom. The number of β-amino-alcohol motifs (C(OH)–C–C–N with tert-alkyl or cyclic N) is 1. The largest absolute Gasteiger partial charge is 0.466 e. The number of Topliss-reactive ketones (excluding diaryl/α,β-unsaturated/α-hetero) is 1. The number of benzene rings is 3. The lowest BCUT2D eigenvalue weighted by Gasteiger charge is -2.38. The fourth-order valence-corrected chi connectivity index (χ4v) is 6.19. The second-order valence-electron chi connectivity index (χ2n) is 11.9. The molecule has 1 atom stereocenters. The van der Waals surface area contributed by atoms with E-state index in [2.05, 4.69) is 0 Å². The molecule has 9 nitrogen and oxygen atoms in total. The lowest BCUT2D eigenvalue weighted by Crippen LogP contribution is -2.52. The summed E-state index contributed by atoms with van der Waals surface area (Å²) >= 11 is 0. The number of hydrogen-bond acceptors (Lipinski definition) is 7. The third-order valence-corrected chi connectivity index (χ3v) is 8.76. The van der Waals surface area contributed by atoms with E-state index in [-0.39, 0.29) is 65.9 Å². The number of aliphatic hydroxyl groups is 1. The van der Waals surface area contributed by atoms with Gasteiger partial charge in [-0.2, -0.15) is 13.2 Å². The summed E-state index contributed by atoms with van der Waals surface area (Å²) in [6, 6.07) is 19.6. The summed E-state index contributed by atoms with van der Waals surface area (Å²) in [5, 5.41) is 23.1. The summed E-state index contributed by atoms with van der Waals surface area (Å²) in [5.41, 5.74) is -1.57. The molecule has 1 aromatic heterocycles. The van der Waals surface area contributed by atoms with Crippen LogP contribution >= 0.6 is 0 Å². The first-order chi connectivity index (χ1) is 22.4. The standard InChI is InChI=1S/C35H36F3N3O6/c1-2-47-32(42)15-10-24-8-11-26(12-9-24)33(43)27-16-18-39(19-17-27)23-34(44,35(36,37)38)30-22-40(21-25-6-4-3-5-7-25)31-20-28(41(45)46)13-14-29(30)31/h3-9,11-14,20,22,27,44H,2,10,15-19,21,23H2,1H3. The molecule has 1 N–H and O–H groups in total. The molecule has 0 bridgehead atoms. The van der Waals surface area contributed by atoms with Crippen molar-refractivity contribution in [3.05, 3.63) is 111 Å². The molecule has 47 heavy (non-hydrogen) atoms. The number of carbonyl (C=O) groups is 2. The first kappa shape index (κ1) is 33.8. The number of nitro benzene ring substituents is 1. The van der Waals surface area contributed by atoms with E-state index in [1.54, 1.807) is 61.5 Å². The number of fused-ring (bicyclic) bond motifs is 1. The first-order valence-electron chi connectivity index (χ1n) is 15.5. The number of halogens is 3. The number of esters is 1. The molecular formula is C35H36F3N3O6. The highest BCUT2D eigenvalue weighted by molar-refractivity contribution is 5.98. The molecule has 1 aliphatic rings. The zero-order chi connectivity index (χ0) is 33.8. The zero-order valence-electron chi connectivity index (χ0n) is 25.9. The minimum absolute atomic E-state index is 0.0714. The molecule has 1 saturated heterocycles. The van der Waals surface area contributed by atoms with E-state index >= 15 is 0 Å². The zero-order valence-corrected chi connectivity index (χ0v) is 25.9. The van der Waals surface area contributed by atoms with Crippen LogP contribution in [-0.4, -0.2) is 63.7 Å². The molecule has 4 aromatic rings. The number of rotatable bonds is 12. The Kier molecular flexibility index (Phi) is 10.1. The topological polar surface area (TPSA) is 115 Å². The predicted octanol–water partition coefficient (Wildman–Crippen LogP) is 6.44. The third-order valence-electron chi connectivity index (χ3n) is 8.76. The van der Waals surface area contributed by atoms with Gasteiger partial charge in [0, 0.05) is 60.3 Å². The molecule has 248 valence electrons. The fraction of sp³-hybridized carbons (Fsp3) is 0.371. The number of carbonyl (C=O) groups excluding carboxylic acids is 2. The molecule has 12 heteroatoms. The molecule has 0 aliphatic carbocycles. The van der Waals surface area contributed by atoms with Crippen LogP contribution in [0.3, 0.4) is 0 Å². The summed E-state index contributed by atoms with van der Waals surface area (Å²) in [6.45, 7) is 1.78. The summed E-state index contributed by atoms with van der Waals surface area (Å²) in [6.07, 6.45) is -2.48. The average Bonchev–Trinajstić information content (AvgIpc) is 3.42. The summed E-state index contributed by atoms with van der Waals surface area (Å²) < 4.78 is 51.0. The van der Waals surface area contributed by atoms with E-state index in [0.29, 0.717) is 31.4 Å². The van der Waals surface area contributed by atoms with Crippen LogP contribution in [0.25, 0.3) is 10.9 Å². The Bertz CT molecular complexity index is 1730. The Morgan fingerprint density at radius 2 is 1.68 bits per heavy atom. The molecule has 0 amide bonds. The van der Waals surface area contributed by atoms with Gasteiger partial charge in [-0.25, -0.2) is 0 Å². The van der Waals surface area contributed by atoms with Crippen LogP contribution in [0.2, 0.25) is 0 Å². The Labute approximate surface area is 269 Å². The molecule has 1 aliphatic heterocycles. The van der Waals surface area contributed by atoms with Crippen LogP contribution in [0.4, 0.5) is 18.9 Å². The van der Waals surface area contributed by atoms with Gasteiger partial charge < -0.3 is 14.4 Å². The van der Waals surface area contributed by atoms with Crippen LogP contribution in [-0.2, 0) is 28.1 Å². The van der Waals surface area contributed by atoms with Gasteiger partial charge in [-0.3, -0.25) is 24.6 Å². The number of alkyl halides is 3. The molecular weight excluding hydrogens is 615 g/mol. The van der Waals surface area contributed by atoms with Crippen LogP contribution in [0.1, 0.15) is 53.2 Å². The maximum atomic E-state index is 14.8. The van der Waals surface area contributed by atoms with Gasteiger partial charge in [-0.1, -0.05) is 54.6 Å². The molecule has 1 unspecified atom stereocenters. The van der Waals surface area contributed by atoms with Crippen molar-refractivity contribution in [1.29, 1.82) is 0 Å². The van der Waals surface area contributed by atoms with Gasteiger partial charge in [0.1, 0.15) is 0 Å². The fourth-order valence-electron chi connectivity index (χ4n) is 6.19. The van der Waals surface area contributed by atoms with Crippen LogP contribution in [0.15, 0.2) is 79.0 Å². The van der Waals surface area contributed by atoms with Crippen molar-refractivity contribution in [3.8, 4) is 0 Å². The highest BCUT2D eigenvalue weighted by atomic mass is 19.4. The summed E-state index contributed by atoms with van der Waals surface area (Å²) in [5.74, 6) is -0.777. The number of nitrogens with zero attached hydrogens (tertiary/aromatic N) is 3. The number of aromatic nitrogens is 1. The van der Waals surface area contributed by atoms with Crippen LogP contribution in [0.5, 0.6) is 0 Å². The number of hydrogen-bond donors (Lipinski definition) is 1. The normalized spacial score (nSPS) is 15.8. The molecule has 1 fully saturated rings. The molecule has 0 saturated carbocycles. The average molecular weight is 652 g/mol. The van der Waals surface area contributed by atoms with Gasteiger partial charge >= 0.3 is 12.1 Å². The molecule has 2 heterocycles. The van der Waals surface area contributed by atoms with Crippen molar-refractivity contribution in [2.24, 2.45) is 5.92 Å². The number of ether oxygens (including phenoxy) is 1. The van der Waals surface area contributed by atoms with Crippen molar-refractivity contribution in [1.82, 2.24) is 9.47 Å². The highest BCUT2D eigenvalue weighted by Gasteiger charge is 2.57. The number of likely N-dealkylation sites (tertiary alicyclic amines) is 1. The molecule has 5 rings (SSSR count). The maximum absolute atomic E-state index is 14.8. The number of piperidine rings is 1. The second-order valence-corrected chi connectivity index (χ2v) is 11.9. The van der Waals surface area contributed by atoms with Crippen LogP contribution < -0.4 is 0 Å². The second kappa shape index (κ2) is 14.1. The number of nitro groups is 1. The van der Waals surface area contributed by atoms with Crippen molar-refractivity contribution < 1.29 is 37.5 Å². The number of ketones is 1. The van der Waals surface area contributed by atoms with Gasteiger partial charge in [0.05, 0.1) is 17.0 Å². The minimum Gasteiger partial charge on any atom is -0.466 e. The molecule has 0 spiro atoms. The van der Waals surface area contributed by atoms with E-state index in [9.17, 15) is 38.0 Å². The maximum Gasteiger partial charge on any atom is 0.422 e.